The maximum Gasteiger partial charge on any atom is 0.410 e. The van der Waals surface area contributed by atoms with Gasteiger partial charge in [-0.3, -0.25) is 0 Å². The van der Waals surface area contributed by atoms with E-state index in [0.29, 0.717) is 5.56 Å². The van der Waals surface area contributed by atoms with Gasteiger partial charge in [-0.15, -0.1) is 0 Å². The third kappa shape index (κ3) is 4.35. The molecule has 0 saturated carbocycles. The summed E-state index contributed by atoms with van der Waals surface area (Å²) in [6, 6.07) is 6.35. The summed E-state index contributed by atoms with van der Waals surface area (Å²) in [6.45, 7) is 9.41. The summed E-state index contributed by atoms with van der Waals surface area (Å²) < 4.78 is 18.7. The van der Waals surface area contributed by atoms with Crippen LogP contribution in [-0.4, -0.2) is 23.1 Å². The quantitative estimate of drug-likeness (QED) is 0.825. The molecule has 4 heteroatoms. The maximum atomic E-state index is 13.5. The summed E-state index contributed by atoms with van der Waals surface area (Å²) in [4.78, 5) is 13.2. The number of hydrogen-bond donors (Lipinski definition) is 0. The van der Waals surface area contributed by atoms with E-state index in [1.54, 1.807) is 39.0 Å². The molecule has 0 unspecified atom stereocenters. The third-order valence-electron chi connectivity index (χ3n) is 2.24. The molecule has 0 spiro atoms. The van der Waals surface area contributed by atoms with Gasteiger partial charge in [-0.1, -0.05) is 18.2 Å². The number of carbonyl (C=O) groups excluding carboxylic acids is 1. The maximum absolute atomic E-state index is 13.5. The average molecular weight is 252 g/mol. The van der Waals surface area contributed by atoms with E-state index in [0.717, 1.165) is 0 Å². The van der Waals surface area contributed by atoms with Crippen molar-refractivity contribution in [2.24, 2.45) is 0 Å². The molecule has 0 N–H and O–H groups in total. The highest BCUT2D eigenvalue weighted by atomic mass is 19.1. The van der Waals surface area contributed by atoms with Gasteiger partial charge in [0.2, 0.25) is 0 Å². The second-order valence-corrected chi connectivity index (χ2v) is 4.99. The minimum Gasteiger partial charge on any atom is -0.444 e. The van der Waals surface area contributed by atoms with E-state index in [-0.39, 0.29) is 18.9 Å². The Labute approximate surface area is 108 Å². The van der Waals surface area contributed by atoms with E-state index in [1.807, 2.05) is 0 Å². The van der Waals surface area contributed by atoms with E-state index in [1.165, 1.54) is 11.0 Å². The van der Waals surface area contributed by atoms with Crippen molar-refractivity contribution < 1.29 is 13.9 Å². The molecule has 1 aromatic carbocycles. The van der Waals surface area contributed by atoms with E-state index in [4.69, 9.17) is 4.74 Å². The Hall–Kier alpha value is -1.58. The summed E-state index contributed by atoms with van der Waals surface area (Å²) in [5.74, 6) is -0.334. The molecular formula is C14H19FNO2. The van der Waals surface area contributed by atoms with Crippen LogP contribution in [0.3, 0.4) is 0 Å². The van der Waals surface area contributed by atoms with Crippen LogP contribution in [0.1, 0.15) is 26.3 Å². The Morgan fingerprint density at radius 3 is 2.50 bits per heavy atom. The summed E-state index contributed by atoms with van der Waals surface area (Å²) in [5.41, 5.74) is -0.119. The van der Waals surface area contributed by atoms with Crippen molar-refractivity contribution in [2.45, 2.75) is 32.9 Å². The minimum absolute atomic E-state index is 0.158. The number of halogens is 1. The van der Waals surface area contributed by atoms with Gasteiger partial charge in [0, 0.05) is 12.1 Å². The average Bonchev–Trinajstić information content (AvgIpc) is 2.25. The van der Waals surface area contributed by atoms with Crippen molar-refractivity contribution in [1.82, 2.24) is 4.90 Å². The normalized spacial score (nSPS) is 11.2. The second kappa shape index (κ2) is 5.85. The second-order valence-electron chi connectivity index (χ2n) is 4.99. The number of amides is 1. The standard InChI is InChI=1S/C14H19FNO2/c1-5-16(13(17)18-14(2,3)4)10-11-8-6-7-9-12(11)15/h6-9H,1,5,10H2,2-4H3. The van der Waals surface area contributed by atoms with Gasteiger partial charge in [0.05, 0.1) is 6.54 Å². The van der Waals surface area contributed by atoms with Crippen LogP contribution in [0, 0.1) is 12.7 Å². The Bertz CT molecular complexity index is 413. The lowest BCUT2D eigenvalue weighted by atomic mass is 10.2. The van der Waals surface area contributed by atoms with Crippen LogP contribution in [0.15, 0.2) is 24.3 Å². The van der Waals surface area contributed by atoms with Gasteiger partial charge < -0.3 is 9.64 Å². The Kier molecular flexibility index (Phi) is 4.70. The van der Waals surface area contributed by atoms with Gasteiger partial charge in [-0.25, -0.2) is 9.18 Å². The first-order chi connectivity index (χ1) is 8.33. The number of nitrogens with zero attached hydrogens (tertiary/aromatic N) is 1. The van der Waals surface area contributed by atoms with E-state index < -0.39 is 11.7 Å². The summed E-state index contributed by atoms with van der Waals surface area (Å²) >= 11 is 0. The summed E-state index contributed by atoms with van der Waals surface area (Å²) in [7, 11) is 0. The van der Waals surface area contributed by atoms with Crippen LogP contribution < -0.4 is 0 Å². The zero-order valence-corrected chi connectivity index (χ0v) is 11.1. The molecule has 0 aromatic heterocycles. The van der Waals surface area contributed by atoms with Crippen molar-refractivity contribution in [3.05, 3.63) is 42.6 Å². The third-order valence-corrected chi connectivity index (χ3v) is 2.24. The lowest BCUT2D eigenvalue weighted by molar-refractivity contribution is 0.0254. The molecule has 1 amide bonds. The fraction of sp³-hybridized carbons (Fsp3) is 0.429. The first-order valence-corrected chi connectivity index (χ1v) is 5.84. The van der Waals surface area contributed by atoms with Crippen molar-refractivity contribution in [2.75, 3.05) is 6.54 Å². The molecule has 1 aromatic rings. The van der Waals surface area contributed by atoms with Crippen LogP contribution >= 0.6 is 0 Å². The number of ether oxygens (including phenoxy) is 1. The van der Waals surface area contributed by atoms with Crippen molar-refractivity contribution in [3.63, 3.8) is 0 Å². The van der Waals surface area contributed by atoms with Gasteiger partial charge in [0.1, 0.15) is 11.4 Å². The molecule has 0 fully saturated rings. The molecular weight excluding hydrogens is 233 g/mol. The minimum atomic E-state index is -0.570. The molecule has 18 heavy (non-hydrogen) atoms. The summed E-state index contributed by atoms with van der Waals surface area (Å²) in [5, 5.41) is 0. The molecule has 0 atom stereocenters. The highest BCUT2D eigenvalue weighted by Crippen LogP contribution is 2.14. The first-order valence-electron chi connectivity index (χ1n) is 5.84. The van der Waals surface area contributed by atoms with E-state index >= 15 is 0 Å². The first kappa shape index (κ1) is 14.5. The molecule has 99 valence electrons. The van der Waals surface area contributed by atoms with Gasteiger partial charge >= 0.3 is 6.09 Å². The number of rotatable bonds is 3. The van der Waals surface area contributed by atoms with Crippen molar-refractivity contribution in [3.8, 4) is 0 Å². The van der Waals surface area contributed by atoms with Gasteiger partial charge in [0.25, 0.3) is 0 Å². The highest BCUT2D eigenvalue weighted by Gasteiger charge is 2.21. The molecule has 0 aliphatic rings. The predicted octanol–water partition coefficient (Wildman–Crippen LogP) is 3.40. The van der Waals surface area contributed by atoms with Gasteiger partial charge in [-0.2, -0.15) is 0 Å². The van der Waals surface area contributed by atoms with Crippen LogP contribution in [0.5, 0.6) is 0 Å². The summed E-state index contributed by atoms with van der Waals surface area (Å²) in [6.07, 6.45) is -0.485. The molecule has 0 aliphatic carbocycles. The smallest absolute Gasteiger partial charge is 0.410 e. The fourth-order valence-corrected chi connectivity index (χ4v) is 1.39. The molecule has 0 aliphatic heterocycles. The van der Waals surface area contributed by atoms with Crippen LogP contribution in [0.4, 0.5) is 9.18 Å². The molecule has 3 nitrogen and oxygen atoms in total. The van der Waals surface area contributed by atoms with Gasteiger partial charge in [-0.05, 0) is 33.8 Å². The molecule has 1 radical (unpaired) electrons. The van der Waals surface area contributed by atoms with Crippen molar-refractivity contribution >= 4 is 6.09 Å². The van der Waals surface area contributed by atoms with Gasteiger partial charge in [0.15, 0.2) is 0 Å². The SMILES string of the molecule is [CH2]CN(Cc1ccccc1F)C(=O)OC(C)(C)C. The highest BCUT2D eigenvalue weighted by molar-refractivity contribution is 5.68. The Balaban J connectivity index is 2.74. The topological polar surface area (TPSA) is 29.5 Å². The Morgan fingerprint density at radius 1 is 1.39 bits per heavy atom. The largest absolute Gasteiger partial charge is 0.444 e. The van der Waals surface area contributed by atoms with Crippen LogP contribution in [-0.2, 0) is 11.3 Å². The lowest BCUT2D eigenvalue weighted by Crippen LogP contribution is -2.36. The number of hydrogen-bond acceptors (Lipinski definition) is 2. The molecule has 1 rings (SSSR count). The van der Waals surface area contributed by atoms with Crippen molar-refractivity contribution in [1.29, 1.82) is 0 Å². The lowest BCUT2D eigenvalue weighted by Gasteiger charge is -2.26. The zero-order chi connectivity index (χ0) is 13.8. The van der Waals surface area contributed by atoms with Crippen LogP contribution in [0.25, 0.3) is 0 Å². The Morgan fingerprint density at radius 2 is 2.00 bits per heavy atom. The van der Waals surface area contributed by atoms with E-state index in [9.17, 15) is 9.18 Å². The van der Waals surface area contributed by atoms with E-state index in [2.05, 4.69) is 6.92 Å². The number of carbonyl (C=O) groups is 1. The predicted molar refractivity (Wildman–Crippen MR) is 68.4 cm³/mol. The zero-order valence-electron chi connectivity index (χ0n) is 11.1. The monoisotopic (exact) mass is 252 g/mol. The fourth-order valence-electron chi connectivity index (χ4n) is 1.39. The number of benzene rings is 1. The molecule has 0 saturated heterocycles. The molecule has 0 bridgehead atoms. The molecule has 0 heterocycles. The van der Waals surface area contributed by atoms with Crippen LogP contribution in [0.2, 0.25) is 0 Å².